The molecule has 8 nitrogen and oxygen atoms in total. The number of aryl methyl sites for hydroxylation is 2. The zero-order chi connectivity index (χ0) is 20.1. The lowest BCUT2D eigenvalue weighted by Gasteiger charge is -2.35. The highest BCUT2D eigenvalue weighted by Gasteiger charge is 2.30. The number of nitrogens with zero attached hydrogens (tertiary/aromatic N) is 5. The highest BCUT2D eigenvalue weighted by Crippen LogP contribution is 2.26. The van der Waals surface area contributed by atoms with Crippen LogP contribution in [0.15, 0.2) is 46.2 Å². The fourth-order valence-electron chi connectivity index (χ4n) is 3.55. The summed E-state index contributed by atoms with van der Waals surface area (Å²) in [5.41, 5.74) is 1.10. The SMILES string of the molecule is Cn1c(=O)n(C)c2cc(S(=O)(=O)N3CCN(c4ncccc4Cl)CC3)ccc21. The molecule has 4 rings (SSSR count). The molecule has 28 heavy (non-hydrogen) atoms. The van der Waals surface area contributed by atoms with Crippen molar-refractivity contribution in [3.8, 4) is 0 Å². The van der Waals surface area contributed by atoms with Gasteiger partial charge in [-0.2, -0.15) is 4.31 Å². The number of fused-ring (bicyclic) bond motifs is 1. The normalized spacial score (nSPS) is 16.0. The molecule has 148 valence electrons. The smallest absolute Gasteiger partial charge is 0.328 e. The number of benzene rings is 1. The fourth-order valence-corrected chi connectivity index (χ4v) is 5.23. The molecule has 0 bridgehead atoms. The van der Waals surface area contributed by atoms with Crippen molar-refractivity contribution in [2.24, 2.45) is 14.1 Å². The van der Waals surface area contributed by atoms with Gasteiger partial charge in [-0.25, -0.2) is 18.2 Å². The Kier molecular flexibility index (Phi) is 4.68. The molecule has 1 aliphatic rings. The van der Waals surface area contributed by atoms with Crippen molar-refractivity contribution in [3.63, 3.8) is 0 Å². The Bertz CT molecular complexity index is 1210. The van der Waals surface area contributed by atoms with Crippen molar-refractivity contribution in [1.82, 2.24) is 18.4 Å². The molecule has 10 heteroatoms. The number of anilines is 1. The maximum absolute atomic E-state index is 13.1. The average molecular weight is 422 g/mol. The lowest BCUT2D eigenvalue weighted by atomic mass is 10.3. The van der Waals surface area contributed by atoms with E-state index in [1.54, 1.807) is 50.6 Å². The molecule has 0 spiro atoms. The van der Waals surface area contributed by atoms with E-state index in [1.165, 1.54) is 13.4 Å². The Balaban J connectivity index is 1.60. The summed E-state index contributed by atoms with van der Waals surface area (Å²) in [5, 5.41) is 0.550. The highest BCUT2D eigenvalue weighted by atomic mass is 35.5. The lowest BCUT2D eigenvalue weighted by molar-refractivity contribution is 0.384. The minimum atomic E-state index is -3.66. The summed E-state index contributed by atoms with van der Waals surface area (Å²) in [6.07, 6.45) is 1.67. The van der Waals surface area contributed by atoms with Crippen LogP contribution in [0.2, 0.25) is 5.02 Å². The number of sulfonamides is 1. The van der Waals surface area contributed by atoms with E-state index in [0.29, 0.717) is 48.1 Å². The van der Waals surface area contributed by atoms with Crippen molar-refractivity contribution in [3.05, 3.63) is 52.0 Å². The second kappa shape index (κ2) is 6.91. The molecular weight excluding hydrogens is 402 g/mol. The third-order valence-corrected chi connectivity index (χ3v) is 7.35. The second-order valence-electron chi connectivity index (χ2n) is 6.75. The topological polar surface area (TPSA) is 80.4 Å². The molecule has 1 fully saturated rings. The molecule has 0 aliphatic carbocycles. The van der Waals surface area contributed by atoms with Crippen LogP contribution in [0.4, 0.5) is 5.82 Å². The maximum atomic E-state index is 13.1. The lowest BCUT2D eigenvalue weighted by Crippen LogP contribution is -2.49. The molecule has 2 aromatic heterocycles. The molecular formula is C18H20ClN5O3S. The van der Waals surface area contributed by atoms with Crippen LogP contribution in [0, 0.1) is 0 Å². The van der Waals surface area contributed by atoms with Gasteiger partial charge in [-0.1, -0.05) is 11.6 Å². The van der Waals surface area contributed by atoms with Crippen molar-refractivity contribution in [1.29, 1.82) is 0 Å². The Morgan fingerprint density at radius 2 is 1.68 bits per heavy atom. The number of halogens is 1. The minimum Gasteiger partial charge on any atom is -0.353 e. The van der Waals surface area contributed by atoms with Gasteiger partial charge in [0.1, 0.15) is 5.82 Å². The number of piperazine rings is 1. The van der Waals surface area contributed by atoms with Gasteiger partial charge in [0.05, 0.1) is 21.0 Å². The number of aromatic nitrogens is 3. The second-order valence-corrected chi connectivity index (χ2v) is 9.10. The van der Waals surface area contributed by atoms with Crippen LogP contribution in [-0.4, -0.2) is 53.0 Å². The van der Waals surface area contributed by atoms with E-state index >= 15 is 0 Å². The zero-order valence-corrected chi connectivity index (χ0v) is 17.1. The van der Waals surface area contributed by atoms with E-state index in [2.05, 4.69) is 4.98 Å². The summed E-state index contributed by atoms with van der Waals surface area (Å²) in [7, 11) is -0.358. The van der Waals surface area contributed by atoms with Gasteiger partial charge in [0.2, 0.25) is 10.0 Å². The van der Waals surface area contributed by atoms with Crippen LogP contribution in [0.3, 0.4) is 0 Å². The van der Waals surface area contributed by atoms with Gasteiger partial charge < -0.3 is 4.90 Å². The minimum absolute atomic E-state index is 0.186. The molecule has 1 saturated heterocycles. The van der Waals surface area contributed by atoms with Crippen LogP contribution < -0.4 is 10.6 Å². The predicted octanol–water partition coefficient (Wildman–Crippen LogP) is 1.44. The standard InChI is InChI=1S/C18H20ClN5O3S/c1-21-15-6-5-13(12-16(15)22(2)18(21)25)28(26,27)24-10-8-23(9-11-24)17-14(19)4-3-7-20-17/h3-7,12H,8-11H2,1-2H3. The van der Waals surface area contributed by atoms with Crippen LogP contribution in [0.25, 0.3) is 11.0 Å². The van der Waals surface area contributed by atoms with Gasteiger partial charge in [-0.15, -0.1) is 0 Å². The number of hydrogen-bond acceptors (Lipinski definition) is 5. The highest BCUT2D eigenvalue weighted by molar-refractivity contribution is 7.89. The summed E-state index contributed by atoms with van der Waals surface area (Å²) in [6, 6.07) is 8.33. The van der Waals surface area contributed by atoms with E-state index in [9.17, 15) is 13.2 Å². The molecule has 3 heterocycles. The van der Waals surface area contributed by atoms with Gasteiger partial charge in [-0.3, -0.25) is 9.13 Å². The zero-order valence-electron chi connectivity index (χ0n) is 15.5. The van der Waals surface area contributed by atoms with E-state index in [1.807, 2.05) is 4.90 Å². The summed E-state index contributed by atoms with van der Waals surface area (Å²) < 4.78 is 30.6. The molecule has 1 aromatic carbocycles. The van der Waals surface area contributed by atoms with E-state index in [0.717, 1.165) is 0 Å². The predicted molar refractivity (Wildman–Crippen MR) is 108 cm³/mol. The van der Waals surface area contributed by atoms with Gasteiger partial charge in [0, 0.05) is 46.5 Å². The van der Waals surface area contributed by atoms with E-state index in [-0.39, 0.29) is 10.6 Å². The maximum Gasteiger partial charge on any atom is 0.328 e. The van der Waals surface area contributed by atoms with Crippen LogP contribution >= 0.6 is 11.6 Å². The third-order valence-electron chi connectivity index (χ3n) is 5.16. The molecule has 1 aliphatic heterocycles. The van der Waals surface area contributed by atoms with Gasteiger partial charge in [0.15, 0.2) is 0 Å². The van der Waals surface area contributed by atoms with Crippen molar-refractivity contribution in [2.45, 2.75) is 4.90 Å². The fraction of sp³-hybridized carbons (Fsp3) is 0.333. The third kappa shape index (κ3) is 2.99. The molecule has 0 amide bonds. The monoisotopic (exact) mass is 421 g/mol. The van der Waals surface area contributed by atoms with Crippen LogP contribution in [0.5, 0.6) is 0 Å². The van der Waals surface area contributed by atoms with Crippen molar-refractivity contribution < 1.29 is 8.42 Å². The number of hydrogen-bond donors (Lipinski definition) is 0. The molecule has 0 N–H and O–H groups in total. The van der Waals surface area contributed by atoms with E-state index in [4.69, 9.17) is 11.6 Å². The molecule has 0 atom stereocenters. The first-order chi connectivity index (χ1) is 13.3. The summed E-state index contributed by atoms with van der Waals surface area (Å²) in [5.74, 6) is 0.668. The van der Waals surface area contributed by atoms with Crippen molar-refractivity contribution in [2.75, 3.05) is 31.1 Å². The Labute approximate surface area is 167 Å². The summed E-state index contributed by atoms with van der Waals surface area (Å²) in [6.45, 7) is 1.67. The van der Waals surface area contributed by atoms with Gasteiger partial charge >= 0.3 is 5.69 Å². The van der Waals surface area contributed by atoms with Gasteiger partial charge in [0.25, 0.3) is 0 Å². The first-order valence-corrected chi connectivity index (χ1v) is 10.6. The van der Waals surface area contributed by atoms with Crippen LogP contribution in [0.1, 0.15) is 0 Å². The molecule has 0 unspecified atom stereocenters. The Morgan fingerprint density at radius 3 is 2.36 bits per heavy atom. The molecule has 3 aromatic rings. The number of rotatable bonds is 3. The Hall–Kier alpha value is -2.36. The quantitative estimate of drug-likeness (QED) is 0.639. The first kappa shape index (κ1) is 19.0. The molecule has 0 radical (unpaired) electrons. The number of imidazole rings is 1. The molecule has 0 saturated carbocycles. The average Bonchev–Trinajstić information content (AvgIpc) is 2.92. The van der Waals surface area contributed by atoms with Crippen LogP contribution in [-0.2, 0) is 24.1 Å². The largest absolute Gasteiger partial charge is 0.353 e. The van der Waals surface area contributed by atoms with Crippen molar-refractivity contribution >= 4 is 38.5 Å². The van der Waals surface area contributed by atoms with E-state index < -0.39 is 10.0 Å². The first-order valence-electron chi connectivity index (χ1n) is 8.82. The van der Waals surface area contributed by atoms with Gasteiger partial charge in [-0.05, 0) is 30.3 Å². The Morgan fingerprint density at radius 1 is 1.00 bits per heavy atom. The summed E-state index contributed by atoms with van der Waals surface area (Å²) in [4.78, 5) is 18.6. The summed E-state index contributed by atoms with van der Waals surface area (Å²) >= 11 is 6.20. The number of pyridine rings is 1.